The third kappa shape index (κ3) is 1.03. The predicted molar refractivity (Wildman–Crippen MR) is 298 cm³/mol. The molecule has 0 N–H and O–H groups in total. The van der Waals surface area contributed by atoms with Crippen LogP contribution in [0.5, 0.6) is 0 Å². The molecule has 0 aromatic carbocycles. The zero-order valence-corrected chi connectivity index (χ0v) is 52.0. The lowest BCUT2D eigenvalue weighted by Gasteiger charge is -3.42. The summed E-state index contributed by atoms with van der Waals surface area (Å²) < 4.78 is 0. The maximum absolute atomic E-state index is 1.78. The molecule has 0 bridgehead atoms. The molecule has 440 valence electrons. The molecule has 93 heavy (non-hydrogen) atoms. The lowest BCUT2D eigenvalue weighted by molar-refractivity contribution is -0.969. The first-order chi connectivity index (χ1) is 46.3. The molecule has 0 amide bonds. The van der Waals surface area contributed by atoms with Crippen LogP contribution in [-0.4, -0.2) is 0 Å². The van der Waals surface area contributed by atoms with Gasteiger partial charge in [-0.2, -0.15) is 0 Å². The SMILES string of the molecule is C1C2CC3C4C5C6C7C8C9C%10C%11C%12C%13C%14C%15C%16C%17C%18C%19C%20C%21C%22C%23C%24C%25C%26C%27C%28C%29C%30C%31CC%32CC%33C%34C%35C%36C%37C%38C%39C%40C%41C%42C%43C%44C%45C%46C%47C%48C%49C%50C%51C%52C%53C%54C%55C%56C%57C%58C%59C%60C1C23C%604C%595C%586C%577C%568C%559C%54%10C%53%11C%52%12C%51%13C%50%14C%49%15C%48%16C%47%17C%46%18C%45%19C%44%20C%43%21C%42%22C%41%23C%40%24C%39%25C%38%26C%37%27C%36%28C%35%29C%34%30C%32%33%31. The highest BCUT2D eigenvalue weighted by Gasteiger charge is 3.46. The van der Waals surface area contributed by atoms with Gasteiger partial charge in [0.25, 0.3) is 0 Å². The second kappa shape index (κ2) is 5.94. The highest BCUT2D eigenvalue weighted by Crippen LogP contribution is 3.48. The van der Waals surface area contributed by atoms with E-state index in [9.17, 15) is 0 Å². The molecule has 0 saturated heterocycles. The number of rotatable bonds is 0. The molecule has 0 heteroatoms. The standard InChI is InChI=1S/C93H68/c1-5-2-8-12-16-20-24-28-32-36-40-44-48-52-56-60-64-62-58-54-50-46-42-38-34-30-26-22-18-14-10-4-6-3-9-13-17-21-25-29-33-37-41-45-49-53-57-61-63-59-55-51-47-43-39-35-31-27-23-19-15-11-7(1)65(5,8)67(11,12)69(15,16)71(19,20)73(23,24)75(27,28)77(31,32)79(35,36)81(39,40)83(43,44)85(47,48)87(51,52)89(55,56)91(59,60)93(63,64)92(61,62)90(57,58)88(53,54)86(49,50)84(45,46)82(41,42)80(37,38)78(33,34)76(29,30)74(25,26)72(21,22)70(17,18)68(13,14)66(6,9)10/h5-64H,1-4H2. The second-order valence-electron chi connectivity index (χ2n) is 58.5. The molecule has 56 unspecified atom stereocenters. The molecule has 60 aliphatic rings. The monoisotopic (exact) mass is 1180 g/mol. The van der Waals surface area contributed by atoms with Crippen LogP contribution in [0.15, 0.2) is 0 Å². The summed E-state index contributed by atoms with van der Waals surface area (Å²) in [6, 6.07) is 0. The fourth-order valence-electron chi connectivity index (χ4n) is 90.4. The minimum absolute atomic E-state index is 1.07. The molecule has 56 atom stereocenters. The minimum Gasteiger partial charge on any atom is -0.0461 e. The van der Waals surface area contributed by atoms with Crippen molar-refractivity contribution in [1.29, 1.82) is 0 Å². The van der Waals surface area contributed by atoms with Crippen molar-refractivity contribution in [2.24, 2.45) is 512 Å². The van der Waals surface area contributed by atoms with Crippen LogP contribution in [-0.2, 0) is 0 Å². The minimum atomic E-state index is 1.07. The van der Waals surface area contributed by atoms with E-state index in [0.29, 0.717) is 0 Å². The molecule has 29 spiro atoms. The van der Waals surface area contributed by atoms with Crippen molar-refractivity contribution in [2.45, 2.75) is 25.7 Å². The molecular formula is C93H68. The van der Waals surface area contributed by atoms with Crippen LogP contribution in [0.3, 0.4) is 0 Å². The summed E-state index contributed by atoms with van der Waals surface area (Å²) in [4.78, 5) is 0. The van der Waals surface area contributed by atoms with Gasteiger partial charge >= 0.3 is 0 Å². The van der Waals surface area contributed by atoms with Crippen molar-refractivity contribution < 1.29 is 0 Å². The van der Waals surface area contributed by atoms with Crippen LogP contribution in [0, 0.1) is 512 Å². The largest absolute Gasteiger partial charge is 0.0461 e. The van der Waals surface area contributed by atoms with E-state index >= 15 is 0 Å². The van der Waals surface area contributed by atoms with Crippen LogP contribution in [0.4, 0.5) is 0 Å². The van der Waals surface area contributed by atoms with Gasteiger partial charge in [-0.3, -0.25) is 0 Å². The van der Waals surface area contributed by atoms with Gasteiger partial charge in [0.05, 0.1) is 0 Å². The van der Waals surface area contributed by atoms with Crippen LogP contribution in [0.25, 0.3) is 0 Å². The van der Waals surface area contributed by atoms with Crippen molar-refractivity contribution >= 4 is 0 Å². The fourth-order valence-corrected chi connectivity index (χ4v) is 90.4. The normalized spacial score (nSPS) is 131. The third-order valence-electron chi connectivity index (χ3n) is 75.4. The van der Waals surface area contributed by atoms with Gasteiger partial charge in [0, 0.05) is 0 Å². The van der Waals surface area contributed by atoms with Gasteiger partial charge in [-0.05, 0) is 538 Å². The van der Waals surface area contributed by atoms with E-state index in [1.54, 1.807) is 25.7 Å². The Morgan fingerprint density at radius 2 is 0.183 bits per heavy atom. The lowest BCUT2D eigenvalue weighted by Crippen LogP contribution is -3.40. The highest BCUT2D eigenvalue weighted by molar-refractivity contribution is 5.91. The number of hydrogen-bond donors (Lipinski definition) is 0. The van der Waals surface area contributed by atoms with E-state index in [0.717, 1.165) is 157 Å². The molecule has 0 radical (unpaired) electrons. The Balaban J connectivity index is 0.381. The van der Waals surface area contributed by atoms with E-state index in [1.807, 2.05) is 0 Å². The van der Waals surface area contributed by atoms with Crippen LogP contribution in [0.1, 0.15) is 25.7 Å². The first kappa shape index (κ1) is 34.1. The Bertz CT molecular complexity index is 5420. The van der Waals surface area contributed by atoms with Crippen LogP contribution in [0.2, 0.25) is 0 Å². The Morgan fingerprint density at radius 1 is 0.0968 bits per heavy atom. The first-order valence-corrected chi connectivity index (χ1v) is 46.3. The number of hydrogen-bond acceptors (Lipinski definition) is 0. The summed E-state index contributed by atoms with van der Waals surface area (Å²) in [6.07, 6.45) is 7.11. The Labute approximate surface area is 534 Å². The van der Waals surface area contributed by atoms with Crippen molar-refractivity contribution in [3.8, 4) is 0 Å². The van der Waals surface area contributed by atoms with E-state index in [1.165, 1.54) is 355 Å². The quantitative estimate of drug-likeness (QED) is 0.228. The molecule has 60 saturated carbocycles. The average Bonchev–Trinajstić information content (AvgIpc) is 0.482. The van der Waals surface area contributed by atoms with E-state index < -0.39 is 0 Å². The molecular weight excluding hydrogens is 1120 g/mol. The smallest absolute Gasteiger partial charge is 0.00932 e. The van der Waals surface area contributed by atoms with E-state index in [4.69, 9.17) is 0 Å². The zero-order valence-electron chi connectivity index (χ0n) is 52.0. The van der Waals surface area contributed by atoms with Crippen LogP contribution >= 0.6 is 0 Å². The lowest BCUT2D eigenvalue weighted by atomic mass is 8.61. The first-order valence-electron chi connectivity index (χ1n) is 46.3. The molecule has 0 aromatic rings. The fraction of sp³-hybridized carbons (Fsp3) is 1.00. The molecule has 60 fully saturated rings. The molecule has 0 aliphatic heterocycles. The maximum atomic E-state index is 1.78. The summed E-state index contributed by atoms with van der Waals surface area (Å²) in [6.45, 7) is 0. The average molecular weight is 1190 g/mol. The zero-order chi connectivity index (χ0) is 52.0. The summed E-state index contributed by atoms with van der Waals surface area (Å²) in [5.74, 6) is 83.5. The highest BCUT2D eigenvalue weighted by atomic mass is 15.5. The van der Waals surface area contributed by atoms with Crippen molar-refractivity contribution in [3.63, 3.8) is 0 Å². The molecule has 60 rings (SSSR count). The van der Waals surface area contributed by atoms with Gasteiger partial charge in [-0.25, -0.2) is 0 Å². The van der Waals surface area contributed by atoms with Gasteiger partial charge in [-0.15, -0.1) is 0 Å². The Kier molecular flexibility index (Phi) is 2.18. The van der Waals surface area contributed by atoms with Gasteiger partial charge in [0.1, 0.15) is 0 Å². The summed E-state index contributed by atoms with van der Waals surface area (Å²) in [7, 11) is 0. The van der Waals surface area contributed by atoms with Gasteiger partial charge in [0.15, 0.2) is 0 Å². The molecule has 0 nitrogen and oxygen atoms in total. The topological polar surface area (TPSA) is 0 Å². The molecule has 60 aliphatic carbocycles. The van der Waals surface area contributed by atoms with Crippen LogP contribution < -0.4 is 0 Å². The maximum Gasteiger partial charge on any atom is -0.00932 e. The van der Waals surface area contributed by atoms with Crippen molar-refractivity contribution in [2.75, 3.05) is 0 Å². The second-order valence-corrected chi connectivity index (χ2v) is 58.5. The van der Waals surface area contributed by atoms with E-state index in [-0.39, 0.29) is 0 Å². The summed E-state index contributed by atoms with van der Waals surface area (Å²) in [5, 5.41) is 0. The predicted octanol–water partition coefficient (Wildman–Crippen LogP) is 8.94. The van der Waals surface area contributed by atoms with Crippen molar-refractivity contribution in [3.05, 3.63) is 0 Å². The van der Waals surface area contributed by atoms with Gasteiger partial charge in [-0.1, -0.05) is 0 Å². The Morgan fingerprint density at radius 3 is 0.280 bits per heavy atom. The van der Waals surface area contributed by atoms with E-state index in [2.05, 4.69) is 0 Å². The van der Waals surface area contributed by atoms with Gasteiger partial charge < -0.3 is 0 Å². The molecule has 0 aromatic heterocycles. The van der Waals surface area contributed by atoms with Crippen molar-refractivity contribution in [1.82, 2.24) is 0 Å². The number of fused-ring (bicyclic) bond motifs is 56. The third-order valence-corrected chi connectivity index (χ3v) is 75.4. The Hall–Kier alpha value is 0. The summed E-state index contributed by atoms with van der Waals surface area (Å²) >= 11 is 0. The molecule has 0 heterocycles. The van der Waals surface area contributed by atoms with Gasteiger partial charge in [0.2, 0.25) is 0 Å². The summed E-state index contributed by atoms with van der Waals surface area (Å²) in [5.41, 5.74) is 31.7.